The smallest absolute Gasteiger partial charge is 0.308 e. The van der Waals surface area contributed by atoms with Crippen molar-refractivity contribution in [3.05, 3.63) is 12.3 Å². The minimum Gasteiger partial charge on any atom is -0.503 e. The molecule has 0 saturated carbocycles. The molecule has 0 bridgehead atoms. The van der Waals surface area contributed by atoms with Gasteiger partial charge in [0.15, 0.2) is 11.5 Å². The number of aromatic nitrogens is 1. The molecule has 0 saturated heterocycles. The molecule has 0 fully saturated rings. The van der Waals surface area contributed by atoms with Crippen molar-refractivity contribution in [2.75, 3.05) is 7.11 Å². The Kier molecular flexibility index (Phi) is 2.69. The van der Waals surface area contributed by atoms with Crippen LogP contribution >= 0.6 is 0 Å². The second-order valence-corrected chi connectivity index (χ2v) is 2.29. The van der Waals surface area contributed by atoms with Gasteiger partial charge in [0.25, 0.3) is 5.88 Å². The monoisotopic (exact) mass is 183 g/mol. The van der Waals surface area contributed by atoms with Gasteiger partial charge in [0.2, 0.25) is 0 Å². The van der Waals surface area contributed by atoms with Gasteiger partial charge < -0.3 is 14.6 Å². The van der Waals surface area contributed by atoms with Gasteiger partial charge in [0.05, 0.1) is 13.3 Å². The molecule has 0 aliphatic heterocycles. The van der Waals surface area contributed by atoms with Crippen molar-refractivity contribution < 1.29 is 19.4 Å². The van der Waals surface area contributed by atoms with E-state index in [1.165, 1.54) is 26.3 Å². The van der Waals surface area contributed by atoms with Gasteiger partial charge in [-0.05, 0) is 0 Å². The molecule has 0 spiro atoms. The maximum absolute atomic E-state index is 10.5. The Morgan fingerprint density at radius 2 is 2.31 bits per heavy atom. The highest BCUT2D eigenvalue weighted by atomic mass is 16.5. The van der Waals surface area contributed by atoms with Crippen molar-refractivity contribution >= 4 is 5.97 Å². The summed E-state index contributed by atoms with van der Waals surface area (Å²) in [5.41, 5.74) is 0. The standard InChI is InChI=1S/C8H9NO4/c1-5(10)13-6-3-7(11)8(12-2)9-4-6/h3-4,11H,1-2H3. The average molecular weight is 183 g/mol. The van der Waals surface area contributed by atoms with Crippen LogP contribution in [0.1, 0.15) is 6.92 Å². The van der Waals surface area contributed by atoms with Crippen LogP contribution in [0, 0.1) is 0 Å². The Hall–Kier alpha value is -1.78. The zero-order valence-corrected chi connectivity index (χ0v) is 7.27. The van der Waals surface area contributed by atoms with Crippen molar-refractivity contribution in [3.63, 3.8) is 0 Å². The summed E-state index contributed by atoms with van der Waals surface area (Å²) in [5.74, 6) is -0.352. The van der Waals surface area contributed by atoms with Crippen LogP contribution in [0.4, 0.5) is 0 Å². The lowest BCUT2D eigenvalue weighted by atomic mass is 10.4. The summed E-state index contributed by atoms with van der Waals surface area (Å²) in [6.07, 6.45) is 1.29. The highest BCUT2D eigenvalue weighted by Gasteiger charge is 2.05. The molecule has 1 aromatic heterocycles. The molecule has 0 aromatic carbocycles. The third-order valence-electron chi connectivity index (χ3n) is 1.26. The second-order valence-electron chi connectivity index (χ2n) is 2.29. The first-order chi connectivity index (χ1) is 6.13. The summed E-state index contributed by atoms with van der Waals surface area (Å²) in [7, 11) is 1.38. The molecule has 0 radical (unpaired) electrons. The van der Waals surface area contributed by atoms with E-state index in [0.717, 1.165) is 0 Å². The van der Waals surface area contributed by atoms with Crippen molar-refractivity contribution in [3.8, 4) is 17.4 Å². The Morgan fingerprint density at radius 1 is 1.62 bits per heavy atom. The third-order valence-corrected chi connectivity index (χ3v) is 1.26. The predicted octanol–water partition coefficient (Wildman–Crippen LogP) is 0.721. The van der Waals surface area contributed by atoms with Crippen LogP contribution in [0.2, 0.25) is 0 Å². The van der Waals surface area contributed by atoms with Gasteiger partial charge >= 0.3 is 5.97 Å². The van der Waals surface area contributed by atoms with E-state index in [9.17, 15) is 9.90 Å². The number of hydrogen-bond donors (Lipinski definition) is 1. The van der Waals surface area contributed by atoms with E-state index < -0.39 is 5.97 Å². The van der Waals surface area contributed by atoms with E-state index in [-0.39, 0.29) is 17.4 Å². The van der Waals surface area contributed by atoms with Crippen LogP contribution < -0.4 is 9.47 Å². The number of pyridine rings is 1. The maximum Gasteiger partial charge on any atom is 0.308 e. The van der Waals surface area contributed by atoms with Gasteiger partial charge in [-0.3, -0.25) is 4.79 Å². The summed E-state index contributed by atoms with van der Waals surface area (Å²) >= 11 is 0. The Balaban J connectivity index is 2.89. The van der Waals surface area contributed by atoms with Crippen molar-refractivity contribution in [1.29, 1.82) is 0 Å². The lowest BCUT2D eigenvalue weighted by molar-refractivity contribution is -0.131. The molecule has 5 heteroatoms. The van der Waals surface area contributed by atoms with Gasteiger partial charge in [0, 0.05) is 13.0 Å². The van der Waals surface area contributed by atoms with E-state index in [1.807, 2.05) is 0 Å². The SMILES string of the molecule is COc1ncc(OC(C)=O)cc1O. The molecule has 0 amide bonds. The zero-order chi connectivity index (χ0) is 9.84. The number of methoxy groups -OCH3 is 1. The summed E-state index contributed by atoms with van der Waals surface area (Å²) in [5, 5.41) is 9.23. The molecule has 0 aliphatic rings. The van der Waals surface area contributed by atoms with E-state index >= 15 is 0 Å². The van der Waals surface area contributed by atoms with Gasteiger partial charge in [0.1, 0.15) is 0 Å². The van der Waals surface area contributed by atoms with Crippen LogP contribution in [-0.4, -0.2) is 23.2 Å². The number of carbonyl (C=O) groups is 1. The molecule has 70 valence electrons. The number of carbonyl (C=O) groups excluding carboxylic acids is 1. The normalized spacial score (nSPS) is 9.38. The maximum atomic E-state index is 10.5. The summed E-state index contributed by atoms with van der Waals surface area (Å²) < 4.78 is 9.38. The van der Waals surface area contributed by atoms with Gasteiger partial charge in [-0.15, -0.1) is 0 Å². The second kappa shape index (κ2) is 3.75. The highest BCUT2D eigenvalue weighted by molar-refractivity contribution is 5.69. The molecule has 1 heterocycles. The lowest BCUT2D eigenvalue weighted by Crippen LogP contribution is -2.01. The molecule has 1 aromatic rings. The number of nitrogens with zero attached hydrogens (tertiary/aromatic N) is 1. The van der Waals surface area contributed by atoms with Crippen molar-refractivity contribution in [1.82, 2.24) is 4.98 Å². The number of rotatable bonds is 2. The van der Waals surface area contributed by atoms with E-state index in [1.54, 1.807) is 0 Å². The molecule has 0 atom stereocenters. The Labute approximate surface area is 74.9 Å². The largest absolute Gasteiger partial charge is 0.503 e. The van der Waals surface area contributed by atoms with Crippen molar-refractivity contribution in [2.45, 2.75) is 6.92 Å². The van der Waals surface area contributed by atoms with Crippen LogP contribution in [-0.2, 0) is 4.79 Å². The fraction of sp³-hybridized carbons (Fsp3) is 0.250. The molecular weight excluding hydrogens is 174 g/mol. The molecule has 1 rings (SSSR count). The quantitative estimate of drug-likeness (QED) is 0.684. The van der Waals surface area contributed by atoms with E-state index in [4.69, 9.17) is 4.74 Å². The predicted molar refractivity (Wildman–Crippen MR) is 43.8 cm³/mol. The van der Waals surface area contributed by atoms with E-state index in [2.05, 4.69) is 9.72 Å². The zero-order valence-electron chi connectivity index (χ0n) is 7.27. The minimum atomic E-state index is -0.466. The van der Waals surface area contributed by atoms with Crippen molar-refractivity contribution in [2.24, 2.45) is 0 Å². The Bertz CT molecular complexity index is 324. The minimum absolute atomic E-state index is 0.0934. The summed E-state index contributed by atoms with van der Waals surface area (Å²) in [6.45, 7) is 1.27. The fourth-order valence-corrected chi connectivity index (χ4v) is 0.801. The van der Waals surface area contributed by atoms with Crippen LogP contribution in [0.25, 0.3) is 0 Å². The first kappa shape index (κ1) is 9.31. The Morgan fingerprint density at radius 3 is 2.77 bits per heavy atom. The number of esters is 1. The topological polar surface area (TPSA) is 68.7 Å². The lowest BCUT2D eigenvalue weighted by Gasteiger charge is -2.03. The molecule has 1 N–H and O–H groups in total. The van der Waals surface area contributed by atoms with Gasteiger partial charge in [-0.1, -0.05) is 0 Å². The molecule has 0 unspecified atom stereocenters. The number of ether oxygens (including phenoxy) is 2. The molecular formula is C8H9NO4. The van der Waals surface area contributed by atoms with E-state index in [0.29, 0.717) is 0 Å². The van der Waals surface area contributed by atoms with Crippen LogP contribution in [0.3, 0.4) is 0 Å². The molecule has 13 heavy (non-hydrogen) atoms. The fourth-order valence-electron chi connectivity index (χ4n) is 0.801. The number of aromatic hydroxyl groups is 1. The van der Waals surface area contributed by atoms with Crippen LogP contribution in [0.5, 0.6) is 17.4 Å². The first-order valence-corrected chi connectivity index (χ1v) is 3.55. The van der Waals surface area contributed by atoms with Gasteiger partial charge in [-0.25, -0.2) is 4.98 Å². The molecule has 5 nitrogen and oxygen atoms in total. The average Bonchev–Trinajstić information content (AvgIpc) is 2.03. The summed E-state index contributed by atoms with van der Waals surface area (Å²) in [6, 6.07) is 1.26. The summed E-state index contributed by atoms with van der Waals surface area (Å²) in [4.78, 5) is 14.2. The first-order valence-electron chi connectivity index (χ1n) is 3.55. The van der Waals surface area contributed by atoms with Crippen LogP contribution in [0.15, 0.2) is 12.3 Å². The molecule has 0 aliphatic carbocycles. The third kappa shape index (κ3) is 2.33. The van der Waals surface area contributed by atoms with Gasteiger partial charge in [-0.2, -0.15) is 0 Å². The number of hydrogen-bond acceptors (Lipinski definition) is 5. The highest BCUT2D eigenvalue weighted by Crippen LogP contribution is 2.26.